The van der Waals surface area contributed by atoms with E-state index in [1.807, 2.05) is 25.1 Å². The number of alkyl halides is 3. The maximum atomic E-state index is 13.0. The molecule has 6 heteroatoms. The largest absolute Gasteiger partial charge is 0.416 e. The van der Waals surface area contributed by atoms with Gasteiger partial charge in [-0.15, -0.1) is 0 Å². The molecule has 1 aromatic heterocycles. The Bertz CT molecular complexity index is 917. The van der Waals surface area contributed by atoms with Gasteiger partial charge >= 0.3 is 6.18 Å². The smallest absolute Gasteiger partial charge is 0.384 e. The van der Waals surface area contributed by atoms with Crippen molar-refractivity contribution in [1.82, 2.24) is 4.98 Å². The molecular formula is C18H16F3N3. The monoisotopic (exact) mass is 331 g/mol. The van der Waals surface area contributed by atoms with Crippen molar-refractivity contribution in [2.45, 2.75) is 19.6 Å². The number of pyridine rings is 1. The summed E-state index contributed by atoms with van der Waals surface area (Å²) in [4.78, 5) is 4.30. The van der Waals surface area contributed by atoms with Crippen molar-refractivity contribution in [1.29, 1.82) is 0 Å². The quantitative estimate of drug-likeness (QED) is 0.737. The van der Waals surface area contributed by atoms with Gasteiger partial charge in [0.2, 0.25) is 0 Å². The molecule has 1 heterocycles. The maximum absolute atomic E-state index is 13.0. The molecule has 0 aliphatic rings. The highest BCUT2D eigenvalue weighted by Gasteiger charge is 2.32. The number of hydrogen-bond acceptors (Lipinski definition) is 3. The molecule has 0 unspecified atom stereocenters. The second kappa shape index (κ2) is 5.79. The van der Waals surface area contributed by atoms with E-state index in [0.717, 1.165) is 22.6 Å². The fourth-order valence-electron chi connectivity index (χ4n) is 2.83. The normalized spacial score (nSPS) is 11.9. The second-order valence-corrected chi connectivity index (χ2v) is 5.67. The average Bonchev–Trinajstić information content (AvgIpc) is 2.52. The van der Waals surface area contributed by atoms with Crippen LogP contribution in [0.3, 0.4) is 0 Å². The Morgan fingerprint density at radius 2 is 1.67 bits per heavy atom. The lowest BCUT2D eigenvalue weighted by Gasteiger charge is -2.14. The first kappa shape index (κ1) is 16.3. The van der Waals surface area contributed by atoms with E-state index in [9.17, 15) is 13.2 Å². The molecule has 24 heavy (non-hydrogen) atoms. The van der Waals surface area contributed by atoms with Crippen molar-refractivity contribution in [3.8, 4) is 11.1 Å². The van der Waals surface area contributed by atoms with Gasteiger partial charge in [0.05, 0.1) is 11.1 Å². The molecule has 0 fully saturated rings. The summed E-state index contributed by atoms with van der Waals surface area (Å²) >= 11 is 0. The molecule has 3 rings (SSSR count). The first-order valence-electron chi connectivity index (χ1n) is 7.37. The van der Waals surface area contributed by atoms with Crippen LogP contribution < -0.4 is 11.5 Å². The van der Waals surface area contributed by atoms with Crippen molar-refractivity contribution < 1.29 is 13.2 Å². The summed E-state index contributed by atoms with van der Waals surface area (Å²) in [6.45, 7) is 1.76. The van der Waals surface area contributed by atoms with Gasteiger partial charge < -0.3 is 11.5 Å². The lowest BCUT2D eigenvalue weighted by molar-refractivity contribution is -0.138. The van der Waals surface area contributed by atoms with Gasteiger partial charge in [0.1, 0.15) is 5.82 Å². The predicted octanol–water partition coefficient (Wildman–Crippen LogP) is 4.27. The zero-order valence-electron chi connectivity index (χ0n) is 13.0. The minimum Gasteiger partial charge on any atom is -0.384 e. The number of benzene rings is 2. The molecule has 0 saturated heterocycles. The number of aromatic nitrogens is 1. The molecule has 2 aromatic carbocycles. The highest BCUT2D eigenvalue weighted by atomic mass is 19.4. The van der Waals surface area contributed by atoms with E-state index in [0.29, 0.717) is 16.9 Å². The molecule has 3 nitrogen and oxygen atoms in total. The number of halogens is 3. The molecule has 0 spiro atoms. The predicted molar refractivity (Wildman–Crippen MR) is 89.2 cm³/mol. The summed E-state index contributed by atoms with van der Waals surface area (Å²) < 4.78 is 39.0. The third-order valence-electron chi connectivity index (χ3n) is 4.00. The van der Waals surface area contributed by atoms with Gasteiger partial charge in [0.25, 0.3) is 0 Å². The Morgan fingerprint density at radius 1 is 1.00 bits per heavy atom. The van der Waals surface area contributed by atoms with E-state index in [4.69, 9.17) is 11.5 Å². The Hall–Kier alpha value is -2.60. The summed E-state index contributed by atoms with van der Waals surface area (Å²) in [5.41, 5.74) is 13.8. The van der Waals surface area contributed by atoms with Crippen LogP contribution in [-0.2, 0) is 12.7 Å². The molecule has 0 aliphatic heterocycles. The Kier molecular flexibility index (Phi) is 3.93. The second-order valence-electron chi connectivity index (χ2n) is 5.67. The van der Waals surface area contributed by atoms with Crippen molar-refractivity contribution in [2.75, 3.05) is 5.73 Å². The maximum Gasteiger partial charge on any atom is 0.416 e. The van der Waals surface area contributed by atoms with E-state index in [-0.39, 0.29) is 12.1 Å². The average molecular weight is 331 g/mol. The number of rotatable bonds is 2. The van der Waals surface area contributed by atoms with Crippen LogP contribution in [0.1, 0.15) is 16.7 Å². The number of nitrogen functional groups attached to an aromatic ring is 1. The van der Waals surface area contributed by atoms with Gasteiger partial charge in [0.15, 0.2) is 0 Å². The summed E-state index contributed by atoms with van der Waals surface area (Å²) in [7, 11) is 0. The van der Waals surface area contributed by atoms with Crippen LogP contribution in [-0.4, -0.2) is 4.98 Å². The number of hydrogen-bond donors (Lipinski definition) is 2. The number of nitrogens with two attached hydrogens (primary N) is 2. The molecule has 4 N–H and O–H groups in total. The molecule has 3 aromatic rings. The van der Waals surface area contributed by atoms with Crippen LogP contribution >= 0.6 is 0 Å². The number of nitrogens with zero attached hydrogens (tertiary/aromatic N) is 1. The van der Waals surface area contributed by atoms with Gasteiger partial charge in [-0.1, -0.05) is 18.2 Å². The van der Waals surface area contributed by atoms with E-state index in [1.54, 1.807) is 6.07 Å². The summed E-state index contributed by atoms with van der Waals surface area (Å²) in [6, 6.07) is 11.3. The first-order chi connectivity index (χ1) is 11.3. The number of aryl methyl sites for hydroxylation is 1. The van der Waals surface area contributed by atoms with Crippen molar-refractivity contribution in [3.63, 3.8) is 0 Å². The van der Waals surface area contributed by atoms with Crippen molar-refractivity contribution in [2.24, 2.45) is 5.73 Å². The zero-order valence-corrected chi connectivity index (χ0v) is 13.0. The molecule has 0 bridgehead atoms. The summed E-state index contributed by atoms with van der Waals surface area (Å²) in [6.07, 6.45) is -4.41. The standard InChI is InChI=1S/C18H16F3N3/c1-10-6-17(23)24-16-8-12(2-4-14(10)16)11-3-5-15(18(19,20)21)13(7-11)9-22/h2-8H,9,22H2,1H3,(H2,23,24). The summed E-state index contributed by atoms with van der Waals surface area (Å²) in [5, 5.41) is 0.957. The minimum absolute atomic E-state index is 0.0665. The molecule has 0 atom stereocenters. The van der Waals surface area contributed by atoms with Crippen LogP contribution in [0, 0.1) is 6.92 Å². The van der Waals surface area contributed by atoms with E-state index in [2.05, 4.69) is 4.98 Å². The molecule has 0 saturated carbocycles. The van der Waals surface area contributed by atoms with Crippen LogP contribution in [0.5, 0.6) is 0 Å². The number of fused-ring (bicyclic) bond motifs is 1. The van der Waals surface area contributed by atoms with E-state index < -0.39 is 11.7 Å². The SMILES string of the molecule is Cc1cc(N)nc2cc(-c3ccc(C(F)(F)F)c(CN)c3)ccc12. The van der Waals surface area contributed by atoms with Gasteiger partial charge in [-0.2, -0.15) is 13.2 Å². The van der Waals surface area contributed by atoms with Gasteiger partial charge in [0, 0.05) is 11.9 Å². The van der Waals surface area contributed by atoms with Crippen molar-refractivity contribution in [3.05, 3.63) is 59.2 Å². The van der Waals surface area contributed by atoms with E-state index in [1.165, 1.54) is 12.1 Å². The Labute approximate surface area is 137 Å². The van der Waals surface area contributed by atoms with Crippen molar-refractivity contribution >= 4 is 16.7 Å². The Balaban J connectivity index is 2.14. The fraction of sp³-hybridized carbons (Fsp3) is 0.167. The van der Waals surface area contributed by atoms with E-state index >= 15 is 0 Å². The molecule has 124 valence electrons. The topological polar surface area (TPSA) is 64.9 Å². The van der Waals surface area contributed by atoms with Crippen LogP contribution in [0.2, 0.25) is 0 Å². The third-order valence-corrected chi connectivity index (χ3v) is 4.00. The summed E-state index contributed by atoms with van der Waals surface area (Å²) in [5.74, 6) is 0.409. The van der Waals surface area contributed by atoms with Gasteiger partial charge in [-0.05, 0) is 53.4 Å². The van der Waals surface area contributed by atoms with Gasteiger partial charge in [-0.25, -0.2) is 4.98 Å². The molecule has 0 amide bonds. The lowest BCUT2D eigenvalue weighted by Crippen LogP contribution is -2.11. The molecular weight excluding hydrogens is 315 g/mol. The van der Waals surface area contributed by atoms with Gasteiger partial charge in [-0.3, -0.25) is 0 Å². The molecule has 0 radical (unpaired) electrons. The number of anilines is 1. The highest BCUT2D eigenvalue weighted by Crippen LogP contribution is 2.35. The Morgan fingerprint density at radius 3 is 2.33 bits per heavy atom. The van der Waals surface area contributed by atoms with Crippen LogP contribution in [0.25, 0.3) is 22.0 Å². The minimum atomic E-state index is -4.41. The fourth-order valence-corrected chi connectivity index (χ4v) is 2.83. The lowest BCUT2D eigenvalue weighted by atomic mass is 9.97. The zero-order chi connectivity index (χ0) is 17.5. The van der Waals surface area contributed by atoms with Crippen LogP contribution in [0.15, 0.2) is 42.5 Å². The van der Waals surface area contributed by atoms with Crippen LogP contribution in [0.4, 0.5) is 19.0 Å². The molecule has 0 aliphatic carbocycles. The third kappa shape index (κ3) is 2.92. The first-order valence-corrected chi connectivity index (χ1v) is 7.37. The highest BCUT2D eigenvalue weighted by molar-refractivity contribution is 5.88.